The highest BCUT2D eigenvalue weighted by atomic mass is 32.1. The van der Waals surface area contributed by atoms with E-state index in [0.717, 1.165) is 44.1 Å². The fourth-order valence-corrected chi connectivity index (χ4v) is 5.75. The SMILES string of the molecule is CC1CCCN(Cc2csc(NC(=O)N3C[C@@H]4CCC[C@@]4(C(=O)O)C3)n2)C1. The summed E-state index contributed by atoms with van der Waals surface area (Å²) < 4.78 is 0. The number of thiazole rings is 1. The lowest BCUT2D eigenvalue weighted by Crippen LogP contribution is -2.38. The largest absolute Gasteiger partial charge is 0.481 e. The number of carbonyl (C=O) groups is 2. The van der Waals surface area contributed by atoms with Crippen LogP contribution < -0.4 is 5.32 Å². The number of anilines is 1. The van der Waals surface area contributed by atoms with Crippen LogP contribution >= 0.6 is 11.3 Å². The summed E-state index contributed by atoms with van der Waals surface area (Å²) >= 11 is 1.44. The lowest BCUT2D eigenvalue weighted by Gasteiger charge is -2.30. The van der Waals surface area contributed by atoms with E-state index in [1.54, 1.807) is 4.90 Å². The lowest BCUT2D eigenvalue weighted by molar-refractivity contribution is -0.149. The van der Waals surface area contributed by atoms with E-state index >= 15 is 0 Å². The van der Waals surface area contributed by atoms with Crippen molar-refractivity contribution in [1.82, 2.24) is 14.8 Å². The number of aliphatic carboxylic acids is 1. The zero-order valence-electron chi connectivity index (χ0n) is 15.8. The minimum absolute atomic E-state index is 0.0775. The number of likely N-dealkylation sites (tertiary alicyclic amines) is 2. The van der Waals surface area contributed by atoms with Crippen molar-refractivity contribution in [3.05, 3.63) is 11.1 Å². The van der Waals surface area contributed by atoms with E-state index in [9.17, 15) is 14.7 Å². The van der Waals surface area contributed by atoms with Gasteiger partial charge < -0.3 is 10.0 Å². The second-order valence-corrected chi connectivity index (χ2v) is 9.35. The van der Waals surface area contributed by atoms with Gasteiger partial charge in [-0.3, -0.25) is 15.0 Å². The molecule has 1 saturated carbocycles. The monoisotopic (exact) mass is 392 g/mol. The van der Waals surface area contributed by atoms with Crippen LogP contribution in [0.15, 0.2) is 5.38 Å². The third kappa shape index (κ3) is 3.69. The van der Waals surface area contributed by atoms with Crippen LogP contribution in [-0.2, 0) is 11.3 Å². The highest BCUT2D eigenvalue weighted by Crippen LogP contribution is 2.48. The molecule has 4 rings (SSSR count). The maximum Gasteiger partial charge on any atom is 0.323 e. The number of urea groups is 1. The first-order chi connectivity index (χ1) is 13.0. The smallest absolute Gasteiger partial charge is 0.323 e. The predicted molar refractivity (Wildman–Crippen MR) is 104 cm³/mol. The summed E-state index contributed by atoms with van der Waals surface area (Å²) in [6.07, 6.45) is 5.04. The van der Waals surface area contributed by atoms with Gasteiger partial charge in [0.1, 0.15) is 0 Å². The molecule has 3 aliphatic rings. The molecule has 8 heteroatoms. The number of piperidine rings is 1. The van der Waals surface area contributed by atoms with Crippen LogP contribution in [0.2, 0.25) is 0 Å². The van der Waals surface area contributed by atoms with Gasteiger partial charge in [-0.25, -0.2) is 9.78 Å². The average molecular weight is 393 g/mol. The normalized spacial score (nSPS) is 31.1. The van der Waals surface area contributed by atoms with Gasteiger partial charge in [-0.2, -0.15) is 0 Å². The van der Waals surface area contributed by atoms with Crippen LogP contribution in [0.3, 0.4) is 0 Å². The number of carbonyl (C=O) groups excluding carboxylic acids is 1. The molecule has 0 radical (unpaired) electrons. The summed E-state index contributed by atoms with van der Waals surface area (Å²) in [6.45, 7) is 6.16. The first-order valence-electron chi connectivity index (χ1n) is 9.92. The molecule has 0 aromatic carbocycles. The molecule has 0 bridgehead atoms. The molecule has 3 fully saturated rings. The Morgan fingerprint density at radius 2 is 2.22 bits per heavy atom. The van der Waals surface area contributed by atoms with Crippen molar-refractivity contribution in [2.75, 3.05) is 31.5 Å². The molecule has 2 aliphatic heterocycles. The van der Waals surface area contributed by atoms with E-state index < -0.39 is 11.4 Å². The highest BCUT2D eigenvalue weighted by molar-refractivity contribution is 7.13. The Hall–Kier alpha value is -1.67. The Bertz CT molecular complexity index is 724. The van der Waals surface area contributed by atoms with Crippen LogP contribution in [0, 0.1) is 17.3 Å². The number of carboxylic acids is 1. The molecule has 1 aliphatic carbocycles. The van der Waals surface area contributed by atoms with Crippen molar-refractivity contribution in [2.45, 2.75) is 45.6 Å². The maximum absolute atomic E-state index is 12.6. The number of carboxylic acid groups (broad SMARTS) is 1. The van der Waals surface area contributed by atoms with E-state index in [2.05, 4.69) is 22.1 Å². The number of rotatable bonds is 4. The van der Waals surface area contributed by atoms with Crippen molar-refractivity contribution in [1.29, 1.82) is 0 Å². The number of aromatic nitrogens is 1. The van der Waals surface area contributed by atoms with Crippen LogP contribution in [0.1, 0.15) is 44.7 Å². The first kappa shape index (κ1) is 18.7. The minimum Gasteiger partial charge on any atom is -0.481 e. The predicted octanol–water partition coefficient (Wildman–Crippen LogP) is 3.09. The Morgan fingerprint density at radius 1 is 1.37 bits per heavy atom. The van der Waals surface area contributed by atoms with Gasteiger partial charge in [0.2, 0.25) is 0 Å². The standard InChI is InChI=1S/C19H28N4O3S/c1-13-4-3-7-22(8-13)10-15-11-27-17(20-15)21-18(26)23-9-14-5-2-6-19(14,12-23)16(24)25/h11,13-14H,2-10,12H2,1H3,(H,24,25)(H,20,21,26)/t13?,14-,19+/m0/s1. The van der Waals surface area contributed by atoms with E-state index in [0.29, 0.717) is 24.6 Å². The molecule has 1 aromatic rings. The summed E-state index contributed by atoms with van der Waals surface area (Å²) in [5.74, 6) is 0.0500. The average Bonchev–Trinajstić information content (AvgIpc) is 3.29. The number of amides is 2. The van der Waals surface area contributed by atoms with Gasteiger partial charge in [-0.05, 0) is 44.1 Å². The third-order valence-electron chi connectivity index (χ3n) is 6.48. The van der Waals surface area contributed by atoms with E-state index in [1.807, 2.05) is 5.38 Å². The van der Waals surface area contributed by atoms with Gasteiger partial charge in [-0.1, -0.05) is 13.3 Å². The second-order valence-electron chi connectivity index (χ2n) is 8.49. The van der Waals surface area contributed by atoms with Gasteiger partial charge in [0.25, 0.3) is 0 Å². The quantitative estimate of drug-likeness (QED) is 0.822. The molecule has 7 nitrogen and oxygen atoms in total. The first-order valence-corrected chi connectivity index (χ1v) is 10.8. The molecular formula is C19H28N4O3S. The lowest BCUT2D eigenvalue weighted by atomic mass is 9.81. The van der Waals surface area contributed by atoms with Gasteiger partial charge >= 0.3 is 12.0 Å². The highest BCUT2D eigenvalue weighted by Gasteiger charge is 2.55. The Kier molecular flexibility index (Phi) is 5.11. The molecule has 3 atom stereocenters. The van der Waals surface area contributed by atoms with Crippen LogP contribution in [0.4, 0.5) is 9.93 Å². The molecule has 1 aromatic heterocycles. The van der Waals surface area contributed by atoms with Crippen molar-refractivity contribution in [3.8, 4) is 0 Å². The molecule has 2 saturated heterocycles. The Labute approximate surface area is 163 Å². The van der Waals surface area contributed by atoms with Crippen molar-refractivity contribution in [3.63, 3.8) is 0 Å². The summed E-state index contributed by atoms with van der Waals surface area (Å²) in [6, 6.07) is -0.225. The molecule has 2 N–H and O–H groups in total. The van der Waals surface area contributed by atoms with Gasteiger partial charge in [0, 0.05) is 31.6 Å². The fourth-order valence-electron chi connectivity index (χ4n) is 5.06. The number of hydrogen-bond donors (Lipinski definition) is 2. The third-order valence-corrected chi connectivity index (χ3v) is 7.28. The van der Waals surface area contributed by atoms with E-state index in [4.69, 9.17) is 0 Å². The van der Waals surface area contributed by atoms with Crippen LogP contribution in [0.5, 0.6) is 0 Å². The zero-order valence-corrected chi connectivity index (χ0v) is 16.6. The summed E-state index contributed by atoms with van der Waals surface area (Å²) in [4.78, 5) is 33.1. The molecule has 3 heterocycles. The molecule has 148 valence electrons. The van der Waals surface area contributed by atoms with Crippen molar-refractivity contribution < 1.29 is 14.7 Å². The number of nitrogens with one attached hydrogen (secondary N) is 1. The molecular weight excluding hydrogens is 364 g/mol. The summed E-state index contributed by atoms with van der Waals surface area (Å²) in [5, 5.41) is 15.2. The topological polar surface area (TPSA) is 85.8 Å². The summed E-state index contributed by atoms with van der Waals surface area (Å²) in [7, 11) is 0. The van der Waals surface area contributed by atoms with Gasteiger partial charge in [-0.15, -0.1) is 11.3 Å². The second kappa shape index (κ2) is 7.39. The molecule has 0 spiro atoms. The summed E-state index contributed by atoms with van der Waals surface area (Å²) in [5.41, 5.74) is 0.251. The number of hydrogen-bond acceptors (Lipinski definition) is 5. The molecule has 1 unspecified atom stereocenters. The van der Waals surface area contributed by atoms with Gasteiger partial charge in [0.05, 0.1) is 11.1 Å². The zero-order chi connectivity index (χ0) is 19.0. The number of fused-ring (bicyclic) bond motifs is 1. The molecule has 2 amide bonds. The Morgan fingerprint density at radius 3 is 2.96 bits per heavy atom. The van der Waals surface area contributed by atoms with E-state index in [-0.39, 0.29) is 11.9 Å². The molecule has 27 heavy (non-hydrogen) atoms. The fraction of sp³-hybridized carbons (Fsp3) is 0.737. The van der Waals surface area contributed by atoms with Crippen LogP contribution in [-0.4, -0.2) is 58.1 Å². The maximum atomic E-state index is 12.6. The van der Waals surface area contributed by atoms with Crippen LogP contribution in [0.25, 0.3) is 0 Å². The van der Waals surface area contributed by atoms with E-state index in [1.165, 1.54) is 24.2 Å². The van der Waals surface area contributed by atoms with Crippen molar-refractivity contribution in [2.24, 2.45) is 17.3 Å². The van der Waals surface area contributed by atoms with Crippen molar-refractivity contribution >= 4 is 28.5 Å². The Balaban J connectivity index is 1.34. The minimum atomic E-state index is -0.757. The van der Waals surface area contributed by atoms with Gasteiger partial charge in [0.15, 0.2) is 5.13 Å². The number of nitrogens with zero attached hydrogens (tertiary/aromatic N) is 3.